The van der Waals surface area contributed by atoms with Crippen LogP contribution in [0.25, 0.3) is 0 Å². The average Bonchev–Trinajstić information content (AvgIpc) is 2.84. The predicted molar refractivity (Wildman–Crippen MR) is 74.1 cm³/mol. The molecule has 4 heteroatoms. The predicted octanol–water partition coefficient (Wildman–Crippen LogP) is 3.24. The van der Waals surface area contributed by atoms with Crippen molar-refractivity contribution in [1.29, 1.82) is 0 Å². The van der Waals surface area contributed by atoms with Gasteiger partial charge in [0.2, 0.25) is 5.89 Å². The first-order valence-corrected chi connectivity index (χ1v) is 6.76. The van der Waals surface area contributed by atoms with Crippen LogP contribution in [0.5, 0.6) is 0 Å². The van der Waals surface area contributed by atoms with E-state index in [4.69, 9.17) is 4.52 Å². The minimum Gasteiger partial charge on any atom is -0.385 e. The van der Waals surface area contributed by atoms with Gasteiger partial charge in [0, 0.05) is 24.6 Å². The van der Waals surface area contributed by atoms with Crippen molar-refractivity contribution in [2.75, 3.05) is 11.9 Å². The van der Waals surface area contributed by atoms with E-state index in [2.05, 4.69) is 29.3 Å². The van der Waals surface area contributed by atoms with Gasteiger partial charge in [-0.25, -0.2) is 0 Å². The fourth-order valence-electron chi connectivity index (χ4n) is 2.29. The number of nitrogens with one attached hydrogen (secondary N) is 1. The lowest BCUT2D eigenvalue weighted by molar-refractivity contribution is 0.373. The second kappa shape index (κ2) is 4.68. The molecule has 19 heavy (non-hydrogen) atoms. The van der Waals surface area contributed by atoms with Crippen LogP contribution in [0.1, 0.15) is 37.9 Å². The molecule has 0 bridgehead atoms. The molecule has 1 aliphatic rings. The van der Waals surface area contributed by atoms with Gasteiger partial charge in [-0.3, -0.25) is 0 Å². The van der Waals surface area contributed by atoms with Crippen molar-refractivity contribution in [1.82, 2.24) is 10.1 Å². The van der Waals surface area contributed by atoms with E-state index < -0.39 is 0 Å². The molecule has 2 aromatic rings. The van der Waals surface area contributed by atoms with Gasteiger partial charge >= 0.3 is 0 Å². The molecule has 1 heterocycles. The van der Waals surface area contributed by atoms with Gasteiger partial charge in [0.25, 0.3) is 0 Å². The van der Waals surface area contributed by atoms with E-state index in [1.807, 2.05) is 30.3 Å². The zero-order valence-electron chi connectivity index (χ0n) is 11.4. The summed E-state index contributed by atoms with van der Waals surface area (Å²) in [7, 11) is 0. The second-order valence-corrected chi connectivity index (χ2v) is 5.83. The number of hydrogen-bond acceptors (Lipinski definition) is 4. The lowest BCUT2D eigenvalue weighted by atomic mass is 10.1. The Kier molecular flexibility index (Phi) is 3.01. The number of benzene rings is 1. The van der Waals surface area contributed by atoms with Crippen molar-refractivity contribution in [3.63, 3.8) is 0 Å². The minimum atomic E-state index is 0.351. The van der Waals surface area contributed by atoms with Crippen LogP contribution in [-0.4, -0.2) is 16.7 Å². The van der Waals surface area contributed by atoms with Crippen LogP contribution in [0.15, 0.2) is 34.9 Å². The SMILES string of the molecule is CC1(C)CC1c1noc(CCNc2ccccc2)n1. The largest absolute Gasteiger partial charge is 0.385 e. The lowest BCUT2D eigenvalue weighted by Gasteiger charge is -2.02. The Bertz CT molecular complexity index is 548. The molecule has 0 saturated heterocycles. The molecule has 1 fully saturated rings. The van der Waals surface area contributed by atoms with E-state index in [0.29, 0.717) is 11.3 Å². The van der Waals surface area contributed by atoms with E-state index in [1.54, 1.807) is 0 Å². The maximum Gasteiger partial charge on any atom is 0.228 e. The molecular formula is C15H19N3O. The maximum atomic E-state index is 5.30. The molecule has 1 aliphatic carbocycles. The first kappa shape index (κ1) is 12.2. The first-order valence-electron chi connectivity index (χ1n) is 6.76. The Labute approximate surface area is 113 Å². The summed E-state index contributed by atoms with van der Waals surface area (Å²) in [5.74, 6) is 2.08. The smallest absolute Gasteiger partial charge is 0.228 e. The Balaban J connectivity index is 1.51. The van der Waals surface area contributed by atoms with Crippen molar-refractivity contribution in [2.24, 2.45) is 5.41 Å². The average molecular weight is 257 g/mol. The van der Waals surface area contributed by atoms with Gasteiger partial charge in [-0.05, 0) is 24.0 Å². The summed E-state index contributed by atoms with van der Waals surface area (Å²) in [6.45, 7) is 5.29. The molecule has 0 spiro atoms. The third-order valence-corrected chi connectivity index (χ3v) is 3.75. The normalized spacial score (nSPS) is 20.2. The molecule has 100 valence electrons. The van der Waals surface area contributed by atoms with Crippen molar-refractivity contribution in [3.8, 4) is 0 Å². The summed E-state index contributed by atoms with van der Waals surface area (Å²) in [6, 6.07) is 10.1. The fraction of sp³-hybridized carbons (Fsp3) is 0.467. The molecule has 4 nitrogen and oxygen atoms in total. The van der Waals surface area contributed by atoms with Crippen LogP contribution < -0.4 is 5.32 Å². The van der Waals surface area contributed by atoms with E-state index in [0.717, 1.165) is 36.8 Å². The summed E-state index contributed by atoms with van der Waals surface area (Å²) in [5, 5.41) is 7.42. The highest BCUT2D eigenvalue weighted by atomic mass is 16.5. The van der Waals surface area contributed by atoms with E-state index in [1.165, 1.54) is 0 Å². The lowest BCUT2D eigenvalue weighted by Crippen LogP contribution is -2.04. The molecule has 1 aromatic carbocycles. The highest BCUT2D eigenvalue weighted by molar-refractivity contribution is 5.42. The van der Waals surface area contributed by atoms with Crippen LogP contribution >= 0.6 is 0 Å². The van der Waals surface area contributed by atoms with Crippen molar-refractivity contribution >= 4 is 5.69 Å². The molecule has 3 rings (SSSR count). The molecule has 1 aromatic heterocycles. The molecule has 1 unspecified atom stereocenters. The number of hydrogen-bond donors (Lipinski definition) is 1. The molecule has 1 saturated carbocycles. The summed E-state index contributed by atoms with van der Waals surface area (Å²) in [6.07, 6.45) is 1.92. The Morgan fingerprint density at radius 2 is 2.05 bits per heavy atom. The van der Waals surface area contributed by atoms with Crippen LogP contribution in [0, 0.1) is 5.41 Å². The van der Waals surface area contributed by atoms with Crippen molar-refractivity contribution in [3.05, 3.63) is 42.0 Å². The summed E-state index contributed by atoms with van der Waals surface area (Å²) in [5.41, 5.74) is 1.47. The molecule has 0 aliphatic heterocycles. The molecule has 1 atom stereocenters. The monoisotopic (exact) mass is 257 g/mol. The van der Waals surface area contributed by atoms with Crippen molar-refractivity contribution < 1.29 is 4.52 Å². The summed E-state index contributed by atoms with van der Waals surface area (Å²) < 4.78 is 5.30. The van der Waals surface area contributed by atoms with Gasteiger partial charge in [-0.15, -0.1) is 0 Å². The standard InChI is InChI=1S/C15H19N3O/c1-15(2)10-12(15)14-17-13(19-18-14)8-9-16-11-6-4-3-5-7-11/h3-7,12,16H,8-10H2,1-2H3. The van der Waals surface area contributed by atoms with Gasteiger partial charge in [0.05, 0.1) is 0 Å². The number of anilines is 1. The zero-order valence-corrected chi connectivity index (χ0v) is 11.4. The first-order chi connectivity index (χ1) is 9.15. The van der Waals surface area contributed by atoms with Crippen LogP contribution in [-0.2, 0) is 6.42 Å². The number of nitrogens with zero attached hydrogens (tertiary/aromatic N) is 2. The van der Waals surface area contributed by atoms with Gasteiger partial charge in [-0.2, -0.15) is 4.98 Å². The molecule has 1 N–H and O–H groups in total. The van der Waals surface area contributed by atoms with Gasteiger partial charge in [0.15, 0.2) is 5.82 Å². The third kappa shape index (κ3) is 2.78. The summed E-state index contributed by atoms with van der Waals surface area (Å²) >= 11 is 0. The van der Waals surface area contributed by atoms with E-state index in [9.17, 15) is 0 Å². The molecular weight excluding hydrogens is 238 g/mol. The molecule has 0 radical (unpaired) electrons. The zero-order chi connectivity index (χ0) is 13.3. The Morgan fingerprint density at radius 3 is 2.74 bits per heavy atom. The third-order valence-electron chi connectivity index (χ3n) is 3.75. The van der Waals surface area contributed by atoms with E-state index >= 15 is 0 Å². The van der Waals surface area contributed by atoms with Gasteiger partial charge in [0.1, 0.15) is 0 Å². The summed E-state index contributed by atoms with van der Waals surface area (Å²) in [4.78, 5) is 4.48. The highest BCUT2D eigenvalue weighted by Crippen LogP contribution is 2.57. The van der Waals surface area contributed by atoms with Crippen LogP contribution in [0.4, 0.5) is 5.69 Å². The number of para-hydroxylation sites is 1. The van der Waals surface area contributed by atoms with Crippen LogP contribution in [0.3, 0.4) is 0 Å². The quantitative estimate of drug-likeness (QED) is 0.893. The van der Waals surface area contributed by atoms with Crippen LogP contribution in [0.2, 0.25) is 0 Å². The second-order valence-electron chi connectivity index (χ2n) is 5.83. The van der Waals surface area contributed by atoms with Crippen molar-refractivity contribution in [2.45, 2.75) is 32.6 Å². The minimum absolute atomic E-state index is 0.351. The van der Waals surface area contributed by atoms with Gasteiger partial charge in [-0.1, -0.05) is 37.2 Å². The Morgan fingerprint density at radius 1 is 1.32 bits per heavy atom. The maximum absolute atomic E-state index is 5.30. The Hall–Kier alpha value is -1.84. The fourth-order valence-corrected chi connectivity index (χ4v) is 2.29. The van der Waals surface area contributed by atoms with Gasteiger partial charge < -0.3 is 9.84 Å². The molecule has 0 amide bonds. The van der Waals surface area contributed by atoms with E-state index in [-0.39, 0.29) is 0 Å². The number of aromatic nitrogens is 2. The topological polar surface area (TPSA) is 51.0 Å². The highest BCUT2D eigenvalue weighted by Gasteiger charge is 2.49. The number of rotatable bonds is 5.